The van der Waals surface area contributed by atoms with Gasteiger partial charge < -0.3 is 21.3 Å². The zero-order valence-corrected chi connectivity index (χ0v) is 16.4. The van der Waals surface area contributed by atoms with Crippen LogP contribution >= 0.6 is 37.9 Å². The normalized spacial score (nSPS) is 17.3. The van der Waals surface area contributed by atoms with E-state index in [4.69, 9.17) is 0 Å². The molecule has 23 heavy (non-hydrogen) atoms. The van der Waals surface area contributed by atoms with E-state index in [0.717, 1.165) is 0 Å². The highest BCUT2D eigenvalue weighted by atomic mass is 32.1. The average Bonchev–Trinajstić information content (AvgIpc) is 2.57. The fraction of sp³-hybridized carbons (Fsp3) is 0.769. The van der Waals surface area contributed by atoms with Gasteiger partial charge in [0.2, 0.25) is 17.7 Å². The number of hydrogen-bond donors (Lipinski definition) is 7. The summed E-state index contributed by atoms with van der Waals surface area (Å²) in [6, 6.07) is -0.887. The molecule has 0 aromatic rings. The molecule has 0 rings (SSSR count). The number of carbonyl (C=O) groups is 3. The van der Waals surface area contributed by atoms with Gasteiger partial charge in [-0.05, 0) is 20.9 Å². The number of likely N-dealkylation sites (N-methyl/N-ethyl adjacent to an activating group) is 2. The molecule has 0 aliphatic rings. The number of rotatable bonds is 9. The highest BCUT2D eigenvalue weighted by Gasteiger charge is 2.37. The lowest BCUT2D eigenvalue weighted by Crippen LogP contribution is -2.64. The molecule has 0 bridgehead atoms. The van der Waals surface area contributed by atoms with Crippen molar-refractivity contribution in [2.75, 3.05) is 31.4 Å². The molecule has 3 atom stereocenters. The Morgan fingerprint density at radius 3 is 1.83 bits per heavy atom. The van der Waals surface area contributed by atoms with E-state index < -0.39 is 23.0 Å². The molecule has 0 aromatic carbocycles. The molecule has 0 spiro atoms. The summed E-state index contributed by atoms with van der Waals surface area (Å²) in [6.45, 7) is 3.23. The molecular weight excluding hydrogens is 356 g/mol. The Morgan fingerprint density at radius 1 is 0.957 bits per heavy atom. The van der Waals surface area contributed by atoms with Crippen molar-refractivity contribution in [2.24, 2.45) is 0 Å². The van der Waals surface area contributed by atoms with E-state index in [1.165, 1.54) is 7.05 Å². The van der Waals surface area contributed by atoms with Crippen molar-refractivity contribution in [3.05, 3.63) is 0 Å². The van der Waals surface area contributed by atoms with E-state index in [-0.39, 0.29) is 29.1 Å². The van der Waals surface area contributed by atoms with E-state index in [1.54, 1.807) is 20.9 Å². The summed E-state index contributed by atoms with van der Waals surface area (Å²) in [5.41, 5.74) is -2.10. The summed E-state index contributed by atoms with van der Waals surface area (Å²) < 4.78 is 0. The second-order valence-corrected chi connectivity index (χ2v) is 6.51. The number of carbonyl (C=O) groups excluding carboxylic acids is 3. The maximum Gasteiger partial charge on any atom is 0.246 e. The van der Waals surface area contributed by atoms with Gasteiger partial charge in [-0.25, -0.2) is 0 Å². The number of nitrogens with one attached hydrogen (secondary N) is 4. The van der Waals surface area contributed by atoms with Crippen LogP contribution in [0.15, 0.2) is 0 Å². The largest absolute Gasteiger partial charge is 0.357 e. The molecule has 3 amide bonds. The maximum atomic E-state index is 12.4. The zero-order chi connectivity index (χ0) is 18.3. The summed E-state index contributed by atoms with van der Waals surface area (Å²) in [4.78, 5) is 36.6. The Kier molecular flexibility index (Phi) is 9.41. The van der Waals surface area contributed by atoms with Crippen molar-refractivity contribution in [3.8, 4) is 0 Å². The quantitative estimate of drug-likeness (QED) is 0.256. The lowest BCUT2D eigenvalue weighted by molar-refractivity contribution is -0.134. The number of thiol groups is 3. The van der Waals surface area contributed by atoms with Gasteiger partial charge in [0.25, 0.3) is 0 Å². The third kappa shape index (κ3) is 5.77. The van der Waals surface area contributed by atoms with Gasteiger partial charge in [0, 0.05) is 24.3 Å². The van der Waals surface area contributed by atoms with Gasteiger partial charge in [-0.2, -0.15) is 37.9 Å². The van der Waals surface area contributed by atoms with Gasteiger partial charge in [-0.15, -0.1) is 0 Å². The van der Waals surface area contributed by atoms with Crippen LogP contribution in [-0.2, 0) is 14.4 Å². The van der Waals surface area contributed by atoms with Gasteiger partial charge in [-0.1, -0.05) is 0 Å². The van der Waals surface area contributed by atoms with Gasteiger partial charge in [-0.3, -0.25) is 14.4 Å². The highest BCUT2D eigenvalue weighted by molar-refractivity contribution is 7.80. The molecule has 0 aliphatic heterocycles. The molecule has 0 radical (unpaired) electrons. The van der Waals surface area contributed by atoms with Crippen molar-refractivity contribution in [1.82, 2.24) is 21.3 Å². The molecule has 0 aromatic heterocycles. The van der Waals surface area contributed by atoms with Crippen molar-refractivity contribution in [3.63, 3.8) is 0 Å². The first kappa shape index (κ1) is 22.4. The maximum absolute atomic E-state index is 12.4. The number of hydrogen-bond acceptors (Lipinski definition) is 7. The zero-order valence-electron chi connectivity index (χ0n) is 13.8. The summed E-state index contributed by atoms with van der Waals surface area (Å²) in [7, 11) is 3.11. The van der Waals surface area contributed by atoms with E-state index in [9.17, 15) is 14.4 Å². The molecule has 10 heteroatoms. The van der Waals surface area contributed by atoms with Gasteiger partial charge in [0.05, 0.1) is 0 Å². The second kappa shape index (κ2) is 9.65. The Labute approximate surface area is 153 Å². The fourth-order valence-corrected chi connectivity index (χ4v) is 2.36. The van der Waals surface area contributed by atoms with Crippen molar-refractivity contribution in [1.29, 1.82) is 0 Å². The Balaban J connectivity index is 5.08. The van der Waals surface area contributed by atoms with Crippen molar-refractivity contribution >= 4 is 55.6 Å². The molecule has 0 saturated carbocycles. The summed E-state index contributed by atoms with van der Waals surface area (Å²) >= 11 is 12.4. The standard InChI is InChI=1S/C13H26N4O3S3/c1-12(6-22,15-4)11(20)16-8(5-21)9(18)17-13(2,7-23)10(19)14-3/h8,15,21-23H,5-7H2,1-4H3,(H,14,19)(H,16,20)(H,17,18)/t8-,12-,13-/m1/s1. The van der Waals surface area contributed by atoms with Gasteiger partial charge in [0.15, 0.2) is 0 Å². The lowest BCUT2D eigenvalue weighted by Gasteiger charge is -2.31. The molecule has 0 fully saturated rings. The SMILES string of the molecule is CNC(=O)[C@@](C)(CS)NC(=O)[C@@H](CS)NC(=O)[C@@](C)(CS)NC. The van der Waals surface area contributed by atoms with Gasteiger partial charge >= 0.3 is 0 Å². The molecule has 134 valence electrons. The molecule has 0 saturated heterocycles. The Morgan fingerprint density at radius 2 is 1.48 bits per heavy atom. The monoisotopic (exact) mass is 382 g/mol. The third-order valence-corrected chi connectivity index (χ3v) is 5.25. The van der Waals surface area contributed by atoms with E-state index >= 15 is 0 Å². The lowest BCUT2D eigenvalue weighted by atomic mass is 10.0. The summed E-state index contributed by atoms with van der Waals surface area (Å²) in [6.07, 6.45) is 0. The minimum atomic E-state index is -1.18. The molecular formula is C13H26N4O3S3. The van der Waals surface area contributed by atoms with Gasteiger partial charge in [0.1, 0.15) is 17.1 Å². The van der Waals surface area contributed by atoms with Crippen LogP contribution in [0.4, 0.5) is 0 Å². The Hall–Kier alpha value is -0.580. The fourth-order valence-electron chi connectivity index (χ4n) is 1.58. The first-order valence-corrected chi connectivity index (χ1v) is 8.90. The van der Waals surface area contributed by atoms with E-state index in [0.29, 0.717) is 0 Å². The summed E-state index contributed by atoms with van der Waals surface area (Å²) in [5, 5.41) is 10.6. The van der Waals surface area contributed by atoms with Crippen LogP contribution in [0.5, 0.6) is 0 Å². The Bertz CT molecular complexity index is 446. The van der Waals surface area contributed by atoms with Crippen LogP contribution < -0.4 is 21.3 Å². The minimum absolute atomic E-state index is 0.0837. The number of amides is 3. The molecule has 0 aliphatic carbocycles. The highest BCUT2D eigenvalue weighted by Crippen LogP contribution is 2.09. The van der Waals surface area contributed by atoms with Crippen LogP contribution in [0.2, 0.25) is 0 Å². The smallest absolute Gasteiger partial charge is 0.246 e. The van der Waals surface area contributed by atoms with Crippen LogP contribution in [0.1, 0.15) is 13.8 Å². The third-order valence-electron chi connectivity index (χ3n) is 3.62. The van der Waals surface area contributed by atoms with E-state index in [1.807, 2.05) is 0 Å². The summed E-state index contributed by atoms with van der Waals surface area (Å²) in [5.74, 6) is -0.817. The van der Waals surface area contributed by atoms with Crippen LogP contribution in [0.3, 0.4) is 0 Å². The second-order valence-electron chi connectivity index (χ2n) is 5.51. The topological polar surface area (TPSA) is 99.3 Å². The predicted molar refractivity (Wildman–Crippen MR) is 102 cm³/mol. The first-order chi connectivity index (χ1) is 10.6. The molecule has 7 nitrogen and oxygen atoms in total. The predicted octanol–water partition coefficient (Wildman–Crippen LogP) is -1.14. The minimum Gasteiger partial charge on any atom is -0.357 e. The van der Waals surface area contributed by atoms with Crippen LogP contribution in [0.25, 0.3) is 0 Å². The molecule has 0 unspecified atom stereocenters. The van der Waals surface area contributed by atoms with Crippen LogP contribution in [-0.4, -0.2) is 66.2 Å². The average molecular weight is 383 g/mol. The molecule has 0 heterocycles. The van der Waals surface area contributed by atoms with Crippen LogP contribution in [0, 0.1) is 0 Å². The first-order valence-electron chi connectivity index (χ1n) is 7.00. The molecule has 4 N–H and O–H groups in total. The van der Waals surface area contributed by atoms with E-state index in [2.05, 4.69) is 59.2 Å². The van der Waals surface area contributed by atoms with Crippen molar-refractivity contribution < 1.29 is 14.4 Å². The van der Waals surface area contributed by atoms with Crippen molar-refractivity contribution in [2.45, 2.75) is 31.0 Å².